The number of phenols is 1. The van der Waals surface area contributed by atoms with Crippen LogP contribution in [-0.2, 0) is 0 Å². The van der Waals surface area contributed by atoms with Crippen molar-refractivity contribution in [2.24, 2.45) is 0 Å². The lowest BCUT2D eigenvalue weighted by Gasteiger charge is -2.10. The smallest absolute Gasteiger partial charge is 0.120 e. The largest absolute Gasteiger partial charge is 0.508 e. The number of aromatic hydroxyl groups is 1. The zero-order valence-electron chi connectivity index (χ0n) is 11.2. The Balaban J connectivity index is 2.35. The molecule has 18 heavy (non-hydrogen) atoms. The molecule has 1 rings (SSSR count). The van der Waals surface area contributed by atoms with E-state index in [4.69, 9.17) is 0 Å². The van der Waals surface area contributed by atoms with E-state index in [0.29, 0.717) is 0 Å². The lowest BCUT2D eigenvalue weighted by molar-refractivity contribution is 0.462. The van der Waals surface area contributed by atoms with Gasteiger partial charge in [0.25, 0.3) is 0 Å². The van der Waals surface area contributed by atoms with E-state index in [2.05, 4.69) is 13.0 Å². The topological polar surface area (TPSA) is 44.0 Å². The second-order valence-corrected chi connectivity index (χ2v) is 4.80. The van der Waals surface area contributed by atoms with Crippen molar-refractivity contribution in [1.82, 2.24) is 0 Å². The summed E-state index contributed by atoms with van der Waals surface area (Å²) in [4.78, 5) is 0. The number of hydrogen-bond donors (Lipinski definition) is 1. The quantitative estimate of drug-likeness (QED) is 0.672. The summed E-state index contributed by atoms with van der Waals surface area (Å²) in [5.74, 6) is 0.0763. The normalized spacial score (nSPS) is 12.0. The zero-order chi connectivity index (χ0) is 13.2. The number of benzene rings is 1. The average Bonchev–Trinajstić information content (AvgIpc) is 2.39. The van der Waals surface area contributed by atoms with Crippen LogP contribution < -0.4 is 0 Å². The second-order valence-electron chi connectivity index (χ2n) is 4.80. The van der Waals surface area contributed by atoms with Crippen LogP contribution in [0, 0.1) is 11.3 Å². The van der Waals surface area contributed by atoms with Crippen molar-refractivity contribution in [2.45, 2.75) is 57.8 Å². The Morgan fingerprint density at radius 2 is 1.78 bits per heavy atom. The van der Waals surface area contributed by atoms with Gasteiger partial charge < -0.3 is 5.11 Å². The first kappa shape index (κ1) is 14.6. The third-order valence-corrected chi connectivity index (χ3v) is 3.31. The molecule has 0 bridgehead atoms. The summed E-state index contributed by atoms with van der Waals surface area (Å²) >= 11 is 0. The first-order chi connectivity index (χ1) is 8.79. The van der Waals surface area contributed by atoms with Crippen LogP contribution >= 0.6 is 0 Å². The number of unbranched alkanes of at least 4 members (excludes halogenated alkanes) is 5. The highest BCUT2D eigenvalue weighted by Gasteiger charge is 2.13. The maximum absolute atomic E-state index is 9.73. The van der Waals surface area contributed by atoms with Crippen LogP contribution in [0.1, 0.15) is 63.4 Å². The first-order valence-corrected chi connectivity index (χ1v) is 6.97. The summed E-state index contributed by atoms with van der Waals surface area (Å²) in [5, 5.41) is 18.9. The Kier molecular flexibility index (Phi) is 6.94. The summed E-state index contributed by atoms with van der Waals surface area (Å²) in [7, 11) is 0. The molecular formula is C16H23NO. The molecule has 1 unspecified atom stereocenters. The van der Waals surface area contributed by atoms with Crippen LogP contribution in [0.25, 0.3) is 0 Å². The highest BCUT2D eigenvalue weighted by molar-refractivity contribution is 5.37. The van der Waals surface area contributed by atoms with Crippen LogP contribution in [0.4, 0.5) is 0 Å². The molecule has 98 valence electrons. The molecule has 1 N–H and O–H groups in total. The molecule has 1 atom stereocenters. The van der Waals surface area contributed by atoms with E-state index < -0.39 is 0 Å². The highest BCUT2D eigenvalue weighted by atomic mass is 16.3. The molecule has 0 aromatic heterocycles. The fourth-order valence-corrected chi connectivity index (χ4v) is 2.20. The number of hydrogen-bond acceptors (Lipinski definition) is 2. The van der Waals surface area contributed by atoms with Gasteiger partial charge in [0.05, 0.1) is 12.0 Å². The van der Waals surface area contributed by atoms with Gasteiger partial charge in [0.15, 0.2) is 0 Å². The van der Waals surface area contributed by atoms with Crippen molar-refractivity contribution in [2.75, 3.05) is 0 Å². The Hall–Kier alpha value is -1.49. The predicted octanol–water partition coefficient (Wildman–Crippen LogP) is 4.75. The summed E-state index contributed by atoms with van der Waals surface area (Å²) in [6.45, 7) is 2.21. The van der Waals surface area contributed by atoms with E-state index >= 15 is 0 Å². The Morgan fingerprint density at radius 3 is 2.44 bits per heavy atom. The molecule has 0 fully saturated rings. The third kappa shape index (κ3) is 4.79. The fourth-order valence-electron chi connectivity index (χ4n) is 2.20. The molecule has 0 radical (unpaired) electrons. The van der Waals surface area contributed by atoms with Crippen molar-refractivity contribution in [1.29, 1.82) is 5.26 Å². The van der Waals surface area contributed by atoms with Gasteiger partial charge in [-0.05, 0) is 12.5 Å². The minimum absolute atomic E-state index is 0.169. The molecule has 0 aliphatic carbocycles. The summed E-state index contributed by atoms with van der Waals surface area (Å²) in [6, 6.07) is 9.47. The van der Waals surface area contributed by atoms with E-state index in [1.807, 2.05) is 12.1 Å². The molecular weight excluding hydrogens is 222 g/mol. The molecule has 0 saturated carbocycles. The standard InChI is InChI=1S/C16H23NO/c1-2-3-4-5-6-7-10-14(13-17)15-11-8-9-12-16(15)18/h8-9,11-12,14,18H,2-7,10H2,1H3. The highest BCUT2D eigenvalue weighted by Crippen LogP contribution is 2.29. The van der Waals surface area contributed by atoms with Crippen LogP contribution in [0.3, 0.4) is 0 Å². The average molecular weight is 245 g/mol. The molecule has 0 saturated heterocycles. The summed E-state index contributed by atoms with van der Waals surface area (Å²) in [6.07, 6.45) is 8.22. The molecule has 2 nitrogen and oxygen atoms in total. The van der Waals surface area contributed by atoms with Gasteiger partial charge in [-0.15, -0.1) is 0 Å². The van der Waals surface area contributed by atoms with Gasteiger partial charge >= 0.3 is 0 Å². The Labute approximate surface area is 110 Å². The Bertz CT molecular complexity index is 381. The lowest BCUT2D eigenvalue weighted by atomic mass is 9.93. The van der Waals surface area contributed by atoms with Gasteiger partial charge in [-0.25, -0.2) is 0 Å². The number of nitriles is 1. The minimum Gasteiger partial charge on any atom is -0.508 e. The summed E-state index contributed by atoms with van der Waals surface area (Å²) < 4.78 is 0. The van der Waals surface area contributed by atoms with Crippen LogP contribution in [0.5, 0.6) is 5.75 Å². The van der Waals surface area contributed by atoms with Crippen LogP contribution in [-0.4, -0.2) is 5.11 Å². The third-order valence-electron chi connectivity index (χ3n) is 3.31. The summed E-state index contributed by atoms with van der Waals surface area (Å²) in [5.41, 5.74) is 0.772. The van der Waals surface area contributed by atoms with Crippen molar-refractivity contribution >= 4 is 0 Å². The molecule has 0 spiro atoms. The van der Waals surface area contributed by atoms with E-state index in [0.717, 1.165) is 18.4 Å². The predicted molar refractivity (Wildman–Crippen MR) is 74.5 cm³/mol. The Morgan fingerprint density at radius 1 is 1.11 bits per heavy atom. The molecule has 0 aliphatic rings. The van der Waals surface area contributed by atoms with Gasteiger partial charge in [-0.2, -0.15) is 5.26 Å². The number of rotatable bonds is 8. The van der Waals surface area contributed by atoms with Crippen molar-refractivity contribution in [3.63, 3.8) is 0 Å². The van der Waals surface area contributed by atoms with E-state index in [9.17, 15) is 10.4 Å². The van der Waals surface area contributed by atoms with Gasteiger partial charge in [-0.1, -0.05) is 63.6 Å². The number of nitrogens with zero attached hydrogens (tertiary/aromatic N) is 1. The van der Waals surface area contributed by atoms with E-state index in [1.54, 1.807) is 12.1 Å². The first-order valence-electron chi connectivity index (χ1n) is 6.97. The minimum atomic E-state index is -0.169. The molecule has 2 heteroatoms. The molecule has 1 aromatic rings. The molecule has 0 amide bonds. The van der Waals surface area contributed by atoms with Gasteiger partial charge in [0.1, 0.15) is 5.75 Å². The van der Waals surface area contributed by atoms with Gasteiger partial charge in [0.2, 0.25) is 0 Å². The zero-order valence-corrected chi connectivity index (χ0v) is 11.2. The molecule has 1 aromatic carbocycles. The molecule has 0 aliphatic heterocycles. The van der Waals surface area contributed by atoms with Gasteiger partial charge in [0, 0.05) is 5.56 Å². The number of phenolic OH excluding ortho intramolecular Hbond substituents is 1. The monoisotopic (exact) mass is 245 g/mol. The van der Waals surface area contributed by atoms with E-state index in [-0.39, 0.29) is 11.7 Å². The van der Waals surface area contributed by atoms with Crippen molar-refractivity contribution < 1.29 is 5.11 Å². The SMILES string of the molecule is CCCCCCCCC(C#N)c1ccccc1O. The van der Waals surface area contributed by atoms with Gasteiger partial charge in [-0.3, -0.25) is 0 Å². The fraction of sp³-hybridized carbons (Fsp3) is 0.562. The van der Waals surface area contributed by atoms with Crippen LogP contribution in [0.2, 0.25) is 0 Å². The van der Waals surface area contributed by atoms with Crippen molar-refractivity contribution in [3.8, 4) is 11.8 Å². The van der Waals surface area contributed by atoms with Crippen LogP contribution in [0.15, 0.2) is 24.3 Å². The second kappa shape index (κ2) is 8.58. The maximum Gasteiger partial charge on any atom is 0.120 e. The van der Waals surface area contributed by atoms with E-state index in [1.165, 1.54) is 32.1 Å². The molecule has 0 heterocycles. The van der Waals surface area contributed by atoms with Crippen molar-refractivity contribution in [3.05, 3.63) is 29.8 Å². The lowest BCUT2D eigenvalue weighted by Crippen LogP contribution is -1.96. The maximum atomic E-state index is 9.73. The number of para-hydroxylation sites is 1.